The molecular weight excluding hydrogens is 338 g/mol. The third-order valence-corrected chi connectivity index (χ3v) is 4.89. The van der Waals surface area contributed by atoms with Crippen LogP contribution >= 0.6 is 0 Å². The molecule has 3 heterocycles. The summed E-state index contributed by atoms with van der Waals surface area (Å²) in [5.74, 6) is -0.795. The van der Waals surface area contributed by atoms with Crippen LogP contribution in [0, 0.1) is 0 Å². The first-order chi connectivity index (χ1) is 13.2. The standard InChI is InChI=1S/C20H17N3O2.C2H6/c24-17(25)5-8-20(13-14-6-11-21-12-7-14)15-3-1-9-22-18(15)19-16(20)4-2-10-23-19;1-2/h1-4,6-7,9-12H,5,8,13H2,(H,24,25);1-2H3. The molecule has 1 aliphatic carbocycles. The monoisotopic (exact) mass is 361 g/mol. The molecule has 0 unspecified atom stereocenters. The zero-order chi connectivity index (χ0) is 19.3. The topological polar surface area (TPSA) is 76.0 Å². The van der Waals surface area contributed by atoms with Gasteiger partial charge in [-0.15, -0.1) is 0 Å². The Hall–Kier alpha value is -3.08. The largest absolute Gasteiger partial charge is 0.481 e. The Labute approximate surface area is 159 Å². The molecule has 0 aromatic carbocycles. The fraction of sp³-hybridized carbons (Fsp3) is 0.273. The van der Waals surface area contributed by atoms with E-state index in [4.69, 9.17) is 0 Å². The van der Waals surface area contributed by atoms with E-state index in [1.807, 2.05) is 50.2 Å². The molecule has 5 nitrogen and oxygen atoms in total. The van der Waals surface area contributed by atoms with E-state index in [1.165, 1.54) is 0 Å². The number of rotatable bonds is 5. The molecule has 5 heteroatoms. The number of hydrogen-bond acceptors (Lipinski definition) is 4. The van der Waals surface area contributed by atoms with E-state index in [2.05, 4.69) is 15.0 Å². The molecule has 4 rings (SSSR count). The number of carbonyl (C=O) groups is 1. The average Bonchev–Trinajstić information content (AvgIpc) is 3.00. The number of aromatic nitrogens is 3. The molecule has 27 heavy (non-hydrogen) atoms. The molecule has 0 atom stereocenters. The minimum absolute atomic E-state index is 0.0910. The van der Waals surface area contributed by atoms with Crippen molar-refractivity contribution in [3.05, 3.63) is 77.9 Å². The number of nitrogens with zero attached hydrogens (tertiary/aromatic N) is 3. The molecule has 0 spiro atoms. The Morgan fingerprint density at radius 1 is 0.926 bits per heavy atom. The molecule has 1 aliphatic rings. The summed E-state index contributed by atoms with van der Waals surface area (Å²) in [4.78, 5) is 24.5. The summed E-state index contributed by atoms with van der Waals surface area (Å²) < 4.78 is 0. The van der Waals surface area contributed by atoms with Crippen molar-refractivity contribution in [2.24, 2.45) is 0 Å². The van der Waals surface area contributed by atoms with E-state index in [0.717, 1.165) is 28.1 Å². The van der Waals surface area contributed by atoms with Gasteiger partial charge in [0.05, 0.1) is 11.4 Å². The van der Waals surface area contributed by atoms with Gasteiger partial charge in [-0.25, -0.2) is 0 Å². The Balaban J connectivity index is 0.00000102. The van der Waals surface area contributed by atoms with Gasteiger partial charge in [0.25, 0.3) is 0 Å². The molecule has 0 radical (unpaired) electrons. The first kappa shape index (κ1) is 18.7. The van der Waals surface area contributed by atoms with Crippen molar-refractivity contribution in [3.8, 4) is 11.4 Å². The van der Waals surface area contributed by atoms with Crippen molar-refractivity contribution in [3.63, 3.8) is 0 Å². The molecule has 138 valence electrons. The van der Waals surface area contributed by atoms with Gasteiger partial charge in [-0.2, -0.15) is 0 Å². The Kier molecular flexibility index (Phi) is 5.60. The number of carboxylic acids is 1. The Bertz CT molecular complexity index is 880. The molecule has 1 N–H and O–H groups in total. The van der Waals surface area contributed by atoms with Crippen molar-refractivity contribution in [2.75, 3.05) is 0 Å². The van der Waals surface area contributed by atoms with Gasteiger partial charge in [-0.1, -0.05) is 26.0 Å². The second kappa shape index (κ2) is 8.08. The maximum atomic E-state index is 11.3. The van der Waals surface area contributed by atoms with Crippen LogP contribution < -0.4 is 0 Å². The van der Waals surface area contributed by atoms with Gasteiger partial charge in [0.1, 0.15) is 0 Å². The second-order valence-corrected chi connectivity index (χ2v) is 6.31. The zero-order valence-corrected chi connectivity index (χ0v) is 15.6. The summed E-state index contributed by atoms with van der Waals surface area (Å²) in [7, 11) is 0. The Morgan fingerprint density at radius 2 is 1.48 bits per heavy atom. The van der Waals surface area contributed by atoms with Crippen LogP contribution in [-0.4, -0.2) is 26.0 Å². The number of hydrogen-bond donors (Lipinski definition) is 1. The van der Waals surface area contributed by atoms with Crippen LogP contribution in [0.5, 0.6) is 0 Å². The summed E-state index contributed by atoms with van der Waals surface area (Å²) in [6.07, 6.45) is 8.34. The third kappa shape index (κ3) is 3.45. The van der Waals surface area contributed by atoms with Gasteiger partial charge in [0, 0.05) is 36.6 Å². The molecule has 0 fully saturated rings. The second-order valence-electron chi connectivity index (χ2n) is 6.31. The molecule has 0 saturated heterocycles. The van der Waals surface area contributed by atoms with Gasteiger partial charge in [-0.3, -0.25) is 19.7 Å². The quantitative estimate of drug-likeness (QED) is 0.734. The van der Waals surface area contributed by atoms with Crippen LogP contribution in [-0.2, 0) is 16.6 Å². The molecule has 0 bridgehead atoms. The van der Waals surface area contributed by atoms with Crippen molar-refractivity contribution in [1.29, 1.82) is 0 Å². The van der Waals surface area contributed by atoms with Gasteiger partial charge >= 0.3 is 5.97 Å². The number of pyridine rings is 3. The lowest BCUT2D eigenvalue weighted by Gasteiger charge is -2.31. The van der Waals surface area contributed by atoms with Gasteiger partial charge < -0.3 is 5.11 Å². The van der Waals surface area contributed by atoms with Crippen LogP contribution in [0.1, 0.15) is 43.4 Å². The van der Waals surface area contributed by atoms with E-state index in [9.17, 15) is 9.90 Å². The minimum atomic E-state index is -0.795. The van der Waals surface area contributed by atoms with Crippen LogP contribution in [0.4, 0.5) is 0 Å². The number of fused-ring (bicyclic) bond motifs is 3. The summed E-state index contributed by atoms with van der Waals surface area (Å²) in [5, 5.41) is 9.31. The van der Waals surface area contributed by atoms with E-state index >= 15 is 0 Å². The highest BCUT2D eigenvalue weighted by Crippen LogP contribution is 2.51. The van der Waals surface area contributed by atoms with Gasteiger partial charge in [0.15, 0.2) is 0 Å². The predicted octanol–water partition coefficient (Wildman–Crippen LogP) is 4.27. The van der Waals surface area contributed by atoms with Crippen LogP contribution in [0.25, 0.3) is 11.4 Å². The smallest absolute Gasteiger partial charge is 0.303 e. The van der Waals surface area contributed by atoms with E-state index < -0.39 is 11.4 Å². The normalized spacial score (nSPS) is 13.1. The van der Waals surface area contributed by atoms with Crippen molar-refractivity contribution in [1.82, 2.24) is 15.0 Å². The lowest BCUT2D eigenvalue weighted by molar-refractivity contribution is -0.137. The third-order valence-electron chi connectivity index (χ3n) is 4.89. The van der Waals surface area contributed by atoms with Crippen LogP contribution in [0.15, 0.2) is 61.2 Å². The lowest BCUT2D eigenvalue weighted by Crippen LogP contribution is -2.29. The maximum Gasteiger partial charge on any atom is 0.303 e. The predicted molar refractivity (Wildman–Crippen MR) is 104 cm³/mol. The van der Waals surface area contributed by atoms with Gasteiger partial charge in [-0.05, 0) is 53.8 Å². The van der Waals surface area contributed by atoms with E-state index in [-0.39, 0.29) is 6.42 Å². The Morgan fingerprint density at radius 3 is 2.00 bits per heavy atom. The summed E-state index contributed by atoms with van der Waals surface area (Å²) >= 11 is 0. The first-order valence-electron chi connectivity index (χ1n) is 9.23. The highest BCUT2D eigenvalue weighted by Gasteiger charge is 2.44. The maximum absolute atomic E-state index is 11.3. The number of carboxylic acid groups (broad SMARTS) is 1. The number of aliphatic carboxylic acids is 1. The molecule has 0 amide bonds. The van der Waals surface area contributed by atoms with Crippen LogP contribution in [0.2, 0.25) is 0 Å². The minimum Gasteiger partial charge on any atom is -0.481 e. The molecule has 3 aromatic heterocycles. The van der Waals surface area contributed by atoms with Crippen molar-refractivity contribution < 1.29 is 9.90 Å². The first-order valence-corrected chi connectivity index (χ1v) is 9.23. The molecule has 0 saturated carbocycles. The summed E-state index contributed by atoms with van der Waals surface area (Å²) in [5.41, 5.74) is 4.51. The van der Waals surface area contributed by atoms with Crippen LogP contribution in [0.3, 0.4) is 0 Å². The van der Waals surface area contributed by atoms with E-state index in [1.54, 1.807) is 24.8 Å². The fourth-order valence-electron chi connectivity index (χ4n) is 3.82. The molecule has 0 aliphatic heterocycles. The zero-order valence-electron chi connectivity index (χ0n) is 15.6. The van der Waals surface area contributed by atoms with Crippen molar-refractivity contribution >= 4 is 5.97 Å². The SMILES string of the molecule is CC.O=C(O)CCC1(Cc2ccncc2)c2cccnc2-c2ncccc21. The highest BCUT2D eigenvalue weighted by molar-refractivity contribution is 5.76. The average molecular weight is 361 g/mol. The summed E-state index contributed by atoms with van der Waals surface area (Å²) in [6, 6.07) is 11.9. The molecular formula is C22H23N3O2. The highest BCUT2D eigenvalue weighted by atomic mass is 16.4. The van der Waals surface area contributed by atoms with Gasteiger partial charge in [0.2, 0.25) is 0 Å². The molecule has 3 aromatic rings. The lowest BCUT2D eigenvalue weighted by atomic mass is 9.71. The fourth-order valence-corrected chi connectivity index (χ4v) is 3.82. The summed E-state index contributed by atoms with van der Waals surface area (Å²) in [6.45, 7) is 4.00. The van der Waals surface area contributed by atoms with Crippen molar-refractivity contribution in [2.45, 2.75) is 38.5 Å². The van der Waals surface area contributed by atoms with E-state index in [0.29, 0.717) is 12.8 Å².